The Morgan fingerprint density at radius 1 is 0.960 bits per heavy atom. The zero-order chi connectivity index (χ0) is 17.8. The van der Waals surface area contributed by atoms with Gasteiger partial charge in [-0.1, -0.05) is 52.9 Å². The molecule has 1 aliphatic carbocycles. The third-order valence-electron chi connectivity index (χ3n) is 4.29. The number of phenolic OH excluding ortho intramolecular Hbond substituents is 2. The van der Waals surface area contributed by atoms with Crippen LogP contribution >= 0.6 is 15.9 Å². The number of halogens is 1. The van der Waals surface area contributed by atoms with Gasteiger partial charge in [0.15, 0.2) is 0 Å². The van der Waals surface area contributed by atoms with E-state index in [0.717, 1.165) is 41.3 Å². The van der Waals surface area contributed by atoms with Crippen molar-refractivity contribution in [2.24, 2.45) is 0 Å². The predicted octanol–water partition coefficient (Wildman–Crippen LogP) is 5.96. The van der Waals surface area contributed by atoms with Crippen molar-refractivity contribution in [3.63, 3.8) is 0 Å². The summed E-state index contributed by atoms with van der Waals surface area (Å²) in [6, 6.07) is 14.6. The lowest BCUT2D eigenvalue weighted by atomic mass is 9.90. The van der Waals surface area contributed by atoms with Gasteiger partial charge in [-0.25, -0.2) is 0 Å². The van der Waals surface area contributed by atoms with Crippen molar-refractivity contribution in [2.45, 2.75) is 19.3 Å². The van der Waals surface area contributed by atoms with Crippen LogP contribution in [0.15, 0.2) is 77.9 Å². The van der Waals surface area contributed by atoms with Crippen LogP contribution in [0.5, 0.6) is 11.5 Å². The number of allylic oxidation sites excluding steroid dienone is 4. The van der Waals surface area contributed by atoms with Crippen LogP contribution in [0.1, 0.15) is 30.4 Å². The molecular weight excluding hydrogens is 376 g/mol. The van der Waals surface area contributed by atoms with Crippen LogP contribution in [0.25, 0.3) is 5.57 Å². The largest absolute Gasteiger partial charge is 0.508 e. The summed E-state index contributed by atoms with van der Waals surface area (Å²) >= 11 is 3.53. The van der Waals surface area contributed by atoms with Crippen molar-refractivity contribution in [3.05, 3.63) is 89.0 Å². The Hall–Kier alpha value is -2.26. The second-order valence-electron chi connectivity index (χ2n) is 6.24. The van der Waals surface area contributed by atoms with E-state index in [-0.39, 0.29) is 11.5 Å². The van der Waals surface area contributed by atoms with Crippen LogP contribution in [0.2, 0.25) is 0 Å². The van der Waals surface area contributed by atoms with Crippen LogP contribution in [-0.4, -0.2) is 15.5 Å². The molecule has 0 unspecified atom stereocenters. The second kappa shape index (κ2) is 7.75. The minimum absolute atomic E-state index is 0.254. The molecule has 2 aromatic carbocycles. The van der Waals surface area contributed by atoms with E-state index in [1.807, 2.05) is 24.3 Å². The Bertz CT molecular complexity index is 780. The van der Waals surface area contributed by atoms with Crippen molar-refractivity contribution in [3.8, 4) is 11.5 Å². The topological polar surface area (TPSA) is 40.5 Å². The van der Waals surface area contributed by atoms with Crippen molar-refractivity contribution in [2.75, 3.05) is 5.33 Å². The molecule has 2 N–H and O–H groups in total. The molecule has 128 valence electrons. The minimum atomic E-state index is 0.254. The van der Waals surface area contributed by atoms with Crippen LogP contribution in [-0.2, 0) is 0 Å². The van der Waals surface area contributed by atoms with Gasteiger partial charge in [-0.3, -0.25) is 0 Å². The van der Waals surface area contributed by atoms with Gasteiger partial charge in [-0.15, -0.1) is 0 Å². The standard InChI is InChI=1S/C22H21BrO2/c1-15-13-19(15)14-18(3-2-12-23)22(16-4-8-20(24)9-5-16)17-6-10-21(25)11-7-17/h4-11,14,24-25H,1-3,12-13H2/b19-14+. The molecule has 0 radical (unpaired) electrons. The fourth-order valence-electron chi connectivity index (χ4n) is 2.87. The highest BCUT2D eigenvalue weighted by molar-refractivity contribution is 9.09. The van der Waals surface area contributed by atoms with Gasteiger partial charge < -0.3 is 10.2 Å². The van der Waals surface area contributed by atoms with E-state index in [1.165, 1.54) is 16.7 Å². The van der Waals surface area contributed by atoms with Crippen molar-refractivity contribution < 1.29 is 10.2 Å². The molecule has 25 heavy (non-hydrogen) atoms. The first-order valence-electron chi connectivity index (χ1n) is 8.35. The summed E-state index contributed by atoms with van der Waals surface area (Å²) in [4.78, 5) is 0. The Morgan fingerprint density at radius 3 is 1.84 bits per heavy atom. The molecule has 0 bridgehead atoms. The summed E-state index contributed by atoms with van der Waals surface area (Å²) in [6.07, 6.45) is 5.21. The lowest BCUT2D eigenvalue weighted by molar-refractivity contribution is 0.475. The monoisotopic (exact) mass is 396 g/mol. The molecule has 3 rings (SSSR count). The Morgan fingerprint density at radius 2 is 1.44 bits per heavy atom. The van der Waals surface area contributed by atoms with Gasteiger partial charge >= 0.3 is 0 Å². The maximum absolute atomic E-state index is 9.64. The van der Waals surface area contributed by atoms with Crippen LogP contribution in [0, 0.1) is 0 Å². The summed E-state index contributed by atoms with van der Waals surface area (Å²) in [7, 11) is 0. The van der Waals surface area contributed by atoms with Crippen molar-refractivity contribution >= 4 is 21.5 Å². The van der Waals surface area contributed by atoms with E-state index in [4.69, 9.17) is 0 Å². The second-order valence-corrected chi connectivity index (χ2v) is 7.03. The molecule has 1 aliphatic rings. The maximum atomic E-state index is 9.64. The smallest absolute Gasteiger partial charge is 0.115 e. The average Bonchev–Trinajstić information content (AvgIpc) is 3.31. The quantitative estimate of drug-likeness (QED) is 0.591. The predicted molar refractivity (Wildman–Crippen MR) is 107 cm³/mol. The molecule has 0 amide bonds. The van der Waals surface area contributed by atoms with Crippen LogP contribution < -0.4 is 0 Å². The van der Waals surface area contributed by atoms with E-state index < -0.39 is 0 Å². The van der Waals surface area contributed by atoms with Crippen molar-refractivity contribution in [1.29, 1.82) is 0 Å². The maximum Gasteiger partial charge on any atom is 0.115 e. The Kier molecular flexibility index (Phi) is 5.44. The van der Waals surface area contributed by atoms with Crippen molar-refractivity contribution in [1.82, 2.24) is 0 Å². The fraction of sp³-hybridized carbons (Fsp3) is 0.182. The number of benzene rings is 2. The van der Waals surface area contributed by atoms with E-state index in [0.29, 0.717) is 0 Å². The van der Waals surface area contributed by atoms with E-state index in [2.05, 4.69) is 28.6 Å². The molecule has 1 fully saturated rings. The molecule has 0 saturated heterocycles. The van der Waals surface area contributed by atoms with Gasteiger partial charge in [0.1, 0.15) is 11.5 Å². The van der Waals surface area contributed by atoms with Gasteiger partial charge in [-0.2, -0.15) is 0 Å². The number of hydrogen-bond donors (Lipinski definition) is 2. The molecular formula is C22H21BrO2. The Balaban J connectivity index is 2.16. The summed E-state index contributed by atoms with van der Waals surface area (Å²) in [6.45, 7) is 4.04. The molecule has 0 heterocycles. The van der Waals surface area contributed by atoms with Crippen LogP contribution in [0.3, 0.4) is 0 Å². The molecule has 0 spiro atoms. The zero-order valence-corrected chi connectivity index (χ0v) is 15.6. The fourth-order valence-corrected chi connectivity index (χ4v) is 3.15. The number of aromatic hydroxyl groups is 2. The number of alkyl halides is 1. The van der Waals surface area contributed by atoms with Crippen LogP contribution in [0.4, 0.5) is 0 Å². The minimum Gasteiger partial charge on any atom is -0.508 e. The van der Waals surface area contributed by atoms with E-state index in [9.17, 15) is 10.2 Å². The summed E-state index contributed by atoms with van der Waals surface area (Å²) in [5.74, 6) is 0.509. The highest BCUT2D eigenvalue weighted by atomic mass is 79.9. The average molecular weight is 397 g/mol. The summed E-state index contributed by atoms with van der Waals surface area (Å²) in [5.41, 5.74) is 7.00. The molecule has 0 aromatic heterocycles. The third-order valence-corrected chi connectivity index (χ3v) is 4.85. The van der Waals surface area contributed by atoms with Gasteiger partial charge in [0.2, 0.25) is 0 Å². The lowest BCUT2D eigenvalue weighted by Crippen LogP contribution is -1.95. The molecule has 2 aromatic rings. The first-order valence-corrected chi connectivity index (χ1v) is 9.47. The molecule has 3 heteroatoms. The van der Waals surface area contributed by atoms with E-state index in [1.54, 1.807) is 24.3 Å². The molecule has 0 atom stereocenters. The molecule has 2 nitrogen and oxygen atoms in total. The molecule has 1 saturated carbocycles. The van der Waals surface area contributed by atoms with E-state index >= 15 is 0 Å². The first kappa shape index (κ1) is 17.6. The Labute approximate surface area is 157 Å². The summed E-state index contributed by atoms with van der Waals surface area (Å²) in [5, 5.41) is 20.2. The first-order chi connectivity index (χ1) is 12.1. The van der Waals surface area contributed by atoms with Gasteiger partial charge in [-0.05, 0) is 76.9 Å². The number of hydrogen-bond acceptors (Lipinski definition) is 2. The normalized spacial score (nSPS) is 14.6. The van der Waals surface area contributed by atoms with Gasteiger partial charge in [0.25, 0.3) is 0 Å². The lowest BCUT2D eigenvalue weighted by Gasteiger charge is -2.15. The zero-order valence-electron chi connectivity index (χ0n) is 14.0. The third kappa shape index (κ3) is 4.43. The molecule has 0 aliphatic heterocycles. The SMILES string of the molecule is C=C1C/C1=C\C(CCCBr)=C(c1ccc(O)cc1)c1ccc(O)cc1. The highest BCUT2D eigenvalue weighted by Gasteiger charge is 2.20. The highest BCUT2D eigenvalue weighted by Crippen LogP contribution is 2.39. The van der Waals surface area contributed by atoms with Gasteiger partial charge in [0, 0.05) is 5.33 Å². The number of phenols is 2. The summed E-state index contributed by atoms with van der Waals surface area (Å²) < 4.78 is 0. The van der Waals surface area contributed by atoms with Gasteiger partial charge in [0.05, 0.1) is 0 Å². The number of rotatable bonds is 6.